The molecule has 3 heteroatoms. The summed E-state index contributed by atoms with van der Waals surface area (Å²) >= 11 is 0. The average Bonchev–Trinajstić information content (AvgIpc) is 2.72. The number of aromatic nitrogens is 1. The zero-order valence-corrected chi connectivity index (χ0v) is 11.2. The van der Waals surface area contributed by atoms with Crippen molar-refractivity contribution in [2.45, 2.75) is 33.7 Å². The Balaban J connectivity index is 2.63. The molecule has 0 saturated carbocycles. The molecule has 0 amide bonds. The molecule has 0 aliphatic rings. The highest BCUT2D eigenvalue weighted by Crippen LogP contribution is 2.27. The number of Topliss-reactive ketones (excluding diaryl/α,β-unsaturated/α-hetero) is 1. The third-order valence-corrected chi connectivity index (χ3v) is 3.02. The lowest BCUT2D eigenvalue weighted by atomic mass is 10.1. The SMILES string of the molecule is CCCn1ccc2c(C(C)=O)cc(OCC)cc21. The van der Waals surface area contributed by atoms with Gasteiger partial charge in [0.15, 0.2) is 5.78 Å². The highest BCUT2D eigenvalue weighted by Gasteiger charge is 2.11. The predicted molar refractivity (Wildman–Crippen MR) is 73.4 cm³/mol. The molecular formula is C15H19NO2. The third kappa shape index (κ3) is 2.26. The number of benzene rings is 1. The quantitative estimate of drug-likeness (QED) is 0.753. The molecule has 0 fully saturated rings. The molecule has 1 aromatic heterocycles. The molecule has 1 heterocycles. The van der Waals surface area contributed by atoms with Gasteiger partial charge in [-0.2, -0.15) is 0 Å². The van der Waals surface area contributed by atoms with Gasteiger partial charge in [0.2, 0.25) is 0 Å². The van der Waals surface area contributed by atoms with Crippen molar-refractivity contribution in [3.63, 3.8) is 0 Å². The largest absolute Gasteiger partial charge is 0.494 e. The first-order chi connectivity index (χ1) is 8.67. The second-order valence-electron chi connectivity index (χ2n) is 4.40. The summed E-state index contributed by atoms with van der Waals surface area (Å²) in [7, 11) is 0. The molecule has 0 atom stereocenters. The Kier molecular flexibility index (Phi) is 3.70. The van der Waals surface area contributed by atoms with Gasteiger partial charge in [0.05, 0.1) is 12.1 Å². The summed E-state index contributed by atoms with van der Waals surface area (Å²) in [6.07, 6.45) is 3.11. The molecule has 3 nitrogen and oxygen atoms in total. The van der Waals surface area contributed by atoms with Crippen LogP contribution in [0.4, 0.5) is 0 Å². The summed E-state index contributed by atoms with van der Waals surface area (Å²) in [5.41, 5.74) is 1.82. The molecule has 96 valence electrons. The normalized spacial score (nSPS) is 10.8. The number of fused-ring (bicyclic) bond motifs is 1. The second kappa shape index (κ2) is 5.25. The summed E-state index contributed by atoms with van der Waals surface area (Å²) in [4.78, 5) is 11.7. The number of ketones is 1. The van der Waals surface area contributed by atoms with Gasteiger partial charge in [-0.1, -0.05) is 6.92 Å². The Morgan fingerprint density at radius 3 is 2.72 bits per heavy atom. The first-order valence-electron chi connectivity index (χ1n) is 6.44. The van der Waals surface area contributed by atoms with Crippen LogP contribution in [0.5, 0.6) is 5.75 Å². The van der Waals surface area contributed by atoms with E-state index in [9.17, 15) is 4.79 Å². The van der Waals surface area contributed by atoms with Crippen LogP contribution >= 0.6 is 0 Å². The Morgan fingerprint density at radius 1 is 1.33 bits per heavy atom. The van der Waals surface area contributed by atoms with Gasteiger partial charge in [0.1, 0.15) is 5.75 Å². The van der Waals surface area contributed by atoms with Crippen molar-refractivity contribution in [3.05, 3.63) is 30.0 Å². The number of hydrogen-bond acceptors (Lipinski definition) is 2. The van der Waals surface area contributed by atoms with Gasteiger partial charge in [0, 0.05) is 29.8 Å². The summed E-state index contributed by atoms with van der Waals surface area (Å²) in [5.74, 6) is 0.849. The zero-order chi connectivity index (χ0) is 13.1. The number of carbonyl (C=O) groups excluding carboxylic acids is 1. The van der Waals surface area contributed by atoms with E-state index in [4.69, 9.17) is 4.74 Å². The van der Waals surface area contributed by atoms with Crippen LogP contribution < -0.4 is 4.74 Å². The molecule has 0 aliphatic carbocycles. The molecule has 1 aromatic carbocycles. The maximum atomic E-state index is 11.7. The molecule has 0 spiro atoms. The number of carbonyl (C=O) groups is 1. The minimum absolute atomic E-state index is 0.0794. The van der Waals surface area contributed by atoms with Crippen molar-refractivity contribution >= 4 is 16.7 Å². The smallest absolute Gasteiger partial charge is 0.160 e. The van der Waals surface area contributed by atoms with Crippen molar-refractivity contribution in [2.75, 3.05) is 6.61 Å². The Hall–Kier alpha value is -1.77. The lowest BCUT2D eigenvalue weighted by Gasteiger charge is -2.09. The van der Waals surface area contributed by atoms with E-state index >= 15 is 0 Å². The van der Waals surface area contributed by atoms with Gasteiger partial charge in [-0.05, 0) is 32.4 Å². The lowest BCUT2D eigenvalue weighted by Crippen LogP contribution is -1.99. The highest BCUT2D eigenvalue weighted by molar-refractivity contribution is 6.07. The van der Waals surface area contributed by atoms with Crippen molar-refractivity contribution < 1.29 is 9.53 Å². The number of rotatable bonds is 5. The van der Waals surface area contributed by atoms with E-state index in [1.54, 1.807) is 6.92 Å². The maximum absolute atomic E-state index is 11.7. The van der Waals surface area contributed by atoms with E-state index in [0.29, 0.717) is 6.61 Å². The number of hydrogen-bond donors (Lipinski definition) is 0. The van der Waals surface area contributed by atoms with Gasteiger partial charge < -0.3 is 9.30 Å². The molecule has 0 N–H and O–H groups in total. The summed E-state index contributed by atoms with van der Waals surface area (Å²) in [6.45, 7) is 7.25. The van der Waals surface area contributed by atoms with Gasteiger partial charge in [0.25, 0.3) is 0 Å². The van der Waals surface area contributed by atoms with E-state index in [1.807, 2.05) is 31.3 Å². The van der Waals surface area contributed by atoms with Crippen LogP contribution in [0.15, 0.2) is 24.4 Å². The number of ether oxygens (including phenoxy) is 1. The summed E-state index contributed by atoms with van der Waals surface area (Å²) in [5, 5.41) is 1.01. The van der Waals surface area contributed by atoms with Crippen molar-refractivity contribution in [2.24, 2.45) is 0 Å². The Morgan fingerprint density at radius 2 is 2.11 bits per heavy atom. The topological polar surface area (TPSA) is 31.2 Å². The maximum Gasteiger partial charge on any atom is 0.160 e. The average molecular weight is 245 g/mol. The molecular weight excluding hydrogens is 226 g/mol. The Bertz CT molecular complexity index is 569. The standard InChI is InChI=1S/C15H19NO2/c1-4-7-16-8-6-13-14(11(3)17)9-12(18-5-2)10-15(13)16/h6,8-10H,4-5,7H2,1-3H3. The molecule has 2 aromatic rings. The van der Waals surface area contributed by atoms with E-state index < -0.39 is 0 Å². The minimum atomic E-state index is 0.0794. The van der Waals surface area contributed by atoms with E-state index in [0.717, 1.165) is 35.2 Å². The van der Waals surface area contributed by atoms with Crippen molar-refractivity contribution in [1.82, 2.24) is 4.57 Å². The molecule has 0 aliphatic heterocycles. The van der Waals surface area contributed by atoms with Crippen LogP contribution in [-0.2, 0) is 6.54 Å². The second-order valence-corrected chi connectivity index (χ2v) is 4.40. The van der Waals surface area contributed by atoms with E-state index in [2.05, 4.69) is 11.5 Å². The van der Waals surface area contributed by atoms with Gasteiger partial charge >= 0.3 is 0 Å². The van der Waals surface area contributed by atoms with Crippen LogP contribution in [0, 0.1) is 0 Å². The Labute approximate surface area is 107 Å². The molecule has 2 rings (SSSR count). The number of aryl methyl sites for hydroxylation is 1. The summed E-state index contributed by atoms with van der Waals surface area (Å²) in [6, 6.07) is 5.86. The van der Waals surface area contributed by atoms with E-state index in [1.165, 1.54) is 0 Å². The van der Waals surface area contributed by atoms with Crippen molar-refractivity contribution in [3.8, 4) is 5.75 Å². The fraction of sp³-hybridized carbons (Fsp3) is 0.400. The molecule has 0 bridgehead atoms. The molecule has 18 heavy (non-hydrogen) atoms. The first kappa shape index (κ1) is 12.7. The monoisotopic (exact) mass is 245 g/mol. The fourth-order valence-corrected chi connectivity index (χ4v) is 2.25. The molecule has 0 saturated heterocycles. The van der Waals surface area contributed by atoms with Gasteiger partial charge in [-0.3, -0.25) is 4.79 Å². The predicted octanol–water partition coefficient (Wildman–Crippen LogP) is 3.65. The zero-order valence-electron chi connectivity index (χ0n) is 11.2. The van der Waals surface area contributed by atoms with Crippen LogP contribution in [0.1, 0.15) is 37.6 Å². The van der Waals surface area contributed by atoms with Crippen LogP contribution in [0.3, 0.4) is 0 Å². The third-order valence-electron chi connectivity index (χ3n) is 3.02. The van der Waals surface area contributed by atoms with Crippen molar-refractivity contribution in [1.29, 1.82) is 0 Å². The molecule has 0 radical (unpaired) electrons. The van der Waals surface area contributed by atoms with Gasteiger partial charge in [-0.15, -0.1) is 0 Å². The minimum Gasteiger partial charge on any atom is -0.494 e. The lowest BCUT2D eigenvalue weighted by molar-refractivity contribution is 0.101. The van der Waals surface area contributed by atoms with Crippen LogP contribution in [0.2, 0.25) is 0 Å². The number of nitrogens with zero attached hydrogens (tertiary/aromatic N) is 1. The first-order valence-corrected chi connectivity index (χ1v) is 6.44. The molecule has 0 unspecified atom stereocenters. The summed E-state index contributed by atoms with van der Waals surface area (Å²) < 4.78 is 7.71. The van der Waals surface area contributed by atoms with E-state index in [-0.39, 0.29) is 5.78 Å². The highest BCUT2D eigenvalue weighted by atomic mass is 16.5. The van der Waals surface area contributed by atoms with Gasteiger partial charge in [-0.25, -0.2) is 0 Å². The fourth-order valence-electron chi connectivity index (χ4n) is 2.25. The van der Waals surface area contributed by atoms with Crippen LogP contribution in [-0.4, -0.2) is 17.0 Å². The van der Waals surface area contributed by atoms with Crippen LogP contribution in [0.25, 0.3) is 10.9 Å².